The second kappa shape index (κ2) is 11.2. The van der Waals surface area contributed by atoms with E-state index in [1.165, 1.54) is 0 Å². The molecule has 0 spiro atoms. The van der Waals surface area contributed by atoms with E-state index < -0.39 is 0 Å². The molecule has 2 amide bonds. The van der Waals surface area contributed by atoms with Crippen molar-refractivity contribution in [3.63, 3.8) is 0 Å². The monoisotopic (exact) mass is 485 g/mol. The smallest absolute Gasteiger partial charge is 0.323 e. The number of halogens is 1. The fraction of sp³-hybridized carbons (Fsp3) is 0.333. The number of nitrogens with zero attached hydrogens (tertiary/aromatic N) is 3. The molecule has 180 valence electrons. The minimum absolute atomic E-state index is 0.378. The van der Waals surface area contributed by atoms with Gasteiger partial charge in [-0.2, -0.15) is 5.10 Å². The molecule has 10 heteroatoms. The fourth-order valence-corrected chi connectivity index (χ4v) is 4.00. The highest BCUT2D eigenvalue weighted by Crippen LogP contribution is 2.36. The number of carbonyl (C=O) groups excluding carboxylic acids is 1. The first-order valence-corrected chi connectivity index (χ1v) is 11.4. The van der Waals surface area contributed by atoms with Crippen molar-refractivity contribution >= 4 is 29.0 Å². The summed E-state index contributed by atoms with van der Waals surface area (Å²) in [6.07, 6.45) is 1.59. The van der Waals surface area contributed by atoms with Crippen LogP contribution < -0.4 is 20.1 Å². The van der Waals surface area contributed by atoms with Crippen LogP contribution in [0, 0.1) is 0 Å². The minimum Gasteiger partial charge on any atom is -0.497 e. The van der Waals surface area contributed by atoms with Crippen LogP contribution in [0.25, 0.3) is 11.3 Å². The van der Waals surface area contributed by atoms with Crippen LogP contribution in [0.4, 0.5) is 16.2 Å². The summed E-state index contributed by atoms with van der Waals surface area (Å²) < 4.78 is 18.4. The molecule has 0 atom stereocenters. The molecular formula is C24H28ClN5O4. The lowest BCUT2D eigenvalue weighted by Gasteiger charge is -2.26. The Morgan fingerprint density at radius 2 is 1.91 bits per heavy atom. The van der Waals surface area contributed by atoms with Crippen molar-refractivity contribution < 1.29 is 19.0 Å². The highest BCUT2D eigenvalue weighted by Gasteiger charge is 2.17. The Balaban J connectivity index is 1.49. The van der Waals surface area contributed by atoms with Gasteiger partial charge in [0.1, 0.15) is 18.1 Å². The molecule has 0 unspecified atom stereocenters. The van der Waals surface area contributed by atoms with Crippen LogP contribution in [-0.4, -0.2) is 67.3 Å². The van der Waals surface area contributed by atoms with E-state index in [1.54, 1.807) is 42.3 Å². The topological polar surface area (TPSA) is 89.9 Å². The Hall–Kier alpha value is -3.27. The minimum atomic E-state index is -0.378. The highest BCUT2D eigenvalue weighted by molar-refractivity contribution is 6.33. The third kappa shape index (κ3) is 5.99. The SMILES string of the molecule is COc1cccc(NC(=O)Nc2ccc(OCCN3CCOCC3)c(-c3c(Cl)cnn3C)c2)c1. The number of carbonyl (C=O) groups is 1. The molecule has 1 aromatic heterocycles. The molecule has 3 aromatic rings. The zero-order chi connectivity index (χ0) is 23.9. The molecule has 0 aliphatic carbocycles. The van der Waals surface area contributed by atoms with Gasteiger partial charge in [0.05, 0.1) is 37.2 Å². The number of hydrogen-bond acceptors (Lipinski definition) is 6. The molecule has 1 aliphatic rings. The van der Waals surface area contributed by atoms with Crippen LogP contribution in [0.2, 0.25) is 5.02 Å². The van der Waals surface area contributed by atoms with E-state index in [1.807, 2.05) is 25.2 Å². The van der Waals surface area contributed by atoms with Crippen molar-refractivity contribution in [1.82, 2.24) is 14.7 Å². The number of methoxy groups -OCH3 is 1. The first kappa shape index (κ1) is 23.9. The number of hydrogen-bond donors (Lipinski definition) is 2. The van der Waals surface area contributed by atoms with Gasteiger partial charge in [-0.25, -0.2) is 4.79 Å². The van der Waals surface area contributed by atoms with Crippen LogP contribution >= 0.6 is 11.6 Å². The molecule has 34 heavy (non-hydrogen) atoms. The van der Waals surface area contributed by atoms with E-state index in [4.69, 9.17) is 25.8 Å². The molecule has 1 fully saturated rings. The number of aromatic nitrogens is 2. The predicted octanol–water partition coefficient (Wildman–Crippen LogP) is 4.10. The summed E-state index contributed by atoms with van der Waals surface area (Å²) in [6, 6.07) is 12.2. The second-order valence-corrected chi connectivity index (χ2v) is 8.20. The Kier molecular flexibility index (Phi) is 7.89. The molecule has 0 bridgehead atoms. The van der Waals surface area contributed by atoms with Crippen molar-refractivity contribution in [3.8, 4) is 22.8 Å². The molecule has 9 nitrogen and oxygen atoms in total. The van der Waals surface area contributed by atoms with Crippen molar-refractivity contribution in [2.24, 2.45) is 7.05 Å². The largest absolute Gasteiger partial charge is 0.497 e. The summed E-state index contributed by atoms with van der Waals surface area (Å²) in [4.78, 5) is 14.9. The van der Waals surface area contributed by atoms with Gasteiger partial charge in [-0.3, -0.25) is 9.58 Å². The van der Waals surface area contributed by atoms with E-state index in [2.05, 4.69) is 20.6 Å². The van der Waals surface area contributed by atoms with Crippen LogP contribution in [-0.2, 0) is 11.8 Å². The molecule has 1 aliphatic heterocycles. The Labute approximate surface area is 203 Å². The van der Waals surface area contributed by atoms with Gasteiger partial charge in [-0.15, -0.1) is 0 Å². The Bertz CT molecular complexity index is 1110. The van der Waals surface area contributed by atoms with Crippen LogP contribution in [0.15, 0.2) is 48.7 Å². The summed E-state index contributed by atoms with van der Waals surface area (Å²) in [5.74, 6) is 1.32. The maximum absolute atomic E-state index is 12.6. The quantitative estimate of drug-likeness (QED) is 0.499. The van der Waals surface area contributed by atoms with Crippen LogP contribution in [0.1, 0.15) is 0 Å². The maximum Gasteiger partial charge on any atom is 0.323 e. The second-order valence-electron chi connectivity index (χ2n) is 7.79. The lowest BCUT2D eigenvalue weighted by molar-refractivity contribution is 0.0323. The van der Waals surface area contributed by atoms with E-state index in [0.29, 0.717) is 40.2 Å². The van der Waals surface area contributed by atoms with E-state index in [-0.39, 0.29) is 6.03 Å². The van der Waals surface area contributed by atoms with E-state index in [0.717, 1.165) is 38.4 Å². The third-order valence-corrected chi connectivity index (χ3v) is 5.76. The number of amides is 2. The molecule has 2 heterocycles. The average molecular weight is 486 g/mol. The zero-order valence-electron chi connectivity index (χ0n) is 19.2. The van der Waals surface area contributed by atoms with Gasteiger partial charge < -0.3 is 24.8 Å². The van der Waals surface area contributed by atoms with Crippen molar-refractivity contribution in [2.45, 2.75) is 0 Å². The first-order chi connectivity index (χ1) is 16.5. The van der Waals surface area contributed by atoms with Crippen molar-refractivity contribution in [2.75, 3.05) is 57.2 Å². The normalized spacial score (nSPS) is 14.0. The van der Waals surface area contributed by atoms with Crippen molar-refractivity contribution in [3.05, 3.63) is 53.7 Å². The number of benzene rings is 2. The molecule has 2 aromatic carbocycles. The van der Waals surface area contributed by atoms with Crippen LogP contribution in [0.5, 0.6) is 11.5 Å². The van der Waals surface area contributed by atoms with Gasteiger partial charge in [0.15, 0.2) is 0 Å². The Morgan fingerprint density at radius 3 is 2.62 bits per heavy atom. The number of rotatable bonds is 8. The van der Waals surface area contributed by atoms with Crippen molar-refractivity contribution in [1.29, 1.82) is 0 Å². The van der Waals surface area contributed by atoms with E-state index >= 15 is 0 Å². The molecule has 2 N–H and O–H groups in total. The summed E-state index contributed by atoms with van der Waals surface area (Å²) in [7, 11) is 3.39. The summed E-state index contributed by atoms with van der Waals surface area (Å²) >= 11 is 6.43. The van der Waals surface area contributed by atoms with Crippen LogP contribution in [0.3, 0.4) is 0 Å². The van der Waals surface area contributed by atoms with Gasteiger partial charge in [0.2, 0.25) is 0 Å². The molecule has 1 saturated heterocycles. The molecular weight excluding hydrogens is 458 g/mol. The zero-order valence-corrected chi connectivity index (χ0v) is 20.0. The lowest BCUT2D eigenvalue weighted by Crippen LogP contribution is -2.38. The number of morpholine rings is 1. The average Bonchev–Trinajstić information content (AvgIpc) is 3.18. The third-order valence-electron chi connectivity index (χ3n) is 5.48. The fourth-order valence-electron chi connectivity index (χ4n) is 3.74. The van der Waals surface area contributed by atoms with Gasteiger partial charge in [-0.05, 0) is 30.3 Å². The maximum atomic E-state index is 12.6. The van der Waals surface area contributed by atoms with Gasteiger partial charge in [0, 0.05) is 49.7 Å². The number of urea groups is 1. The number of aryl methyl sites for hydroxylation is 1. The van der Waals surface area contributed by atoms with Gasteiger partial charge >= 0.3 is 6.03 Å². The molecule has 0 radical (unpaired) electrons. The Morgan fingerprint density at radius 1 is 1.15 bits per heavy atom. The van der Waals surface area contributed by atoms with Gasteiger partial charge in [0.25, 0.3) is 0 Å². The van der Waals surface area contributed by atoms with Gasteiger partial charge in [-0.1, -0.05) is 17.7 Å². The first-order valence-electron chi connectivity index (χ1n) is 11.0. The molecule has 0 saturated carbocycles. The summed E-state index contributed by atoms with van der Waals surface area (Å²) in [6.45, 7) is 4.60. The van der Waals surface area contributed by atoms with E-state index in [9.17, 15) is 4.79 Å². The highest BCUT2D eigenvalue weighted by atomic mass is 35.5. The molecule has 4 rings (SSSR count). The predicted molar refractivity (Wildman–Crippen MR) is 132 cm³/mol. The lowest BCUT2D eigenvalue weighted by atomic mass is 10.1. The number of ether oxygens (including phenoxy) is 3. The summed E-state index contributed by atoms with van der Waals surface area (Å²) in [5.41, 5.74) is 2.66. The number of anilines is 2. The summed E-state index contributed by atoms with van der Waals surface area (Å²) in [5, 5.41) is 10.4. The number of nitrogens with one attached hydrogen (secondary N) is 2. The standard InChI is InChI=1S/C24H28ClN5O4/c1-29-23(21(25)16-26-29)20-15-18(28-24(31)27-17-4-3-5-19(14-17)32-2)6-7-22(20)34-13-10-30-8-11-33-12-9-30/h3-7,14-16H,8-13H2,1-2H3,(H2,27,28,31).